The quantitative estimate of drug-likeness (QED) is 0.892. The lowest BCUT2D eigenvalue weighted by Crippen LogP contribution is -2.19. The predicted octanol–water partition coefficient (Wildman–Crippen LogP) is 3.39. The minimum Gasteiger partial charge on any atom is -0.326 e. The Kier molecular flexibility index (Phi) is 3.78. The summed E-state index contributed by atoms with van der Waals surface area (Å²) < 4.78 is 14.9. The van der Waals surface area contributed by atoms with Crippen LogP contribution in [-0.2, 0) is 11.2 Å². The Hall–Kier alpha value is -1.72. The summed E-state index contributed by atoms with van der Waals surface area (Å²) >= 11 is 3.41. The van der Waals surface area contributed by atoms with Crippen molar-refractivity contribution in [3.63, 3.8) is 0 Å². The summed E-state index contributed by atoms with van der Waals surface area (Å²) in [5.74, 6) is -0.270. The van der Waals surface area contributed by atoms with Crippen LogP contribution in [0.15, 0.2) is 40.9 Å². The van der Waals surface area contributed by atoms with Crippen LogP contribution >= 0.6 is 15.9 Å². The van der Waals surface area contributed by atoms with Crippen molar-refractivity contribution in [2.75, 3.05) is 12.4 Å². The van der Waals surface area contributed by atoms with Gasteiger partial charge in [0.25, 0.3) is 0 Å². The number of hydrogen-bond donors (Lipinski definition) is 2. The number of benzene rings is 2. The van der Waals surface area contributed by atoms with Gasteiger partial charge in [-0.15, -0.1) is 0 Å². The molecule has 2 N–H and O–H groups in total. The monoisotopic (exact) mass is 348 g/mol. The Bertz CT molecular complexity index is 697. The van der Waals surface area contributed by atoms with Crippen LogP contribution < -0.4 is 10.6 Å². The molecule has 0 saturated carbocycles. The molecule has 3 nitrogen and oxygen atoms in total. The fourth-order valence-electron chi connectivity index (χ4n) is 2.69. The Morgan fingerprint density at radius 3 is 2.86 bits per heavy atom. The number of halogens is 2. The lowest BCUT2D eigenvalue weighted by Gasteiger charge is -2.20. The molecule has 1 aliphatic heterocycles. The molecular weight excluding hydrogens is 335 g/mol. The molecule has 0 fully saturated rings. The number of fused-ring (bicyclic) bond motifs is 1. The molecule has 108 valence electrons. The van der Waals surface area contributed by atoms with Gasteiger partial charge in [-0.3, -0.25) is 4.79 Å². The van der Waals surface area contributed by atoms with Crippen LogP contribution in [0, 0.1) is 5.82 Å². The van der Waals surface area contributed by atoms with Gasteiger partial charge in [-0.1, -0.05) is 34.1 Å². The fourth-order valence-corrected chi connectivity index (χ4v) is 3.26. The van der Waals surface area contributed by atoms with E-state index in [0.29, 0.717) is 12.0 Å². The van der Waals surface area contributed by atoms with E-state index in [9.17, 15) is 9.18 Å². The van der Waals surface area contributed by atoms with Gasteiger partial charge in [0.05, 0.1) is 12.5 Å². The van der Waals surface area contributed by atoms with Gasteiger partial charge in [-0.25, -0.2) is 4.39 Å². The predicted molar refractivity (Wildman–Crippen MR) is 83.8 cm³/mol. The summed E-state index contributed by atoms with van der Waals surface area (Å²) in [7, 11) is 1.79. The molecule has 0 spiro atoms. The second kappa shape index (κ2) is 5.58. The first-order chi connectivity index (χ1) is 10.1. The van der Waals surface area contributed by atoms with Gasteiger partial charge in [0, 0.05) is 15.7 Å². The van der Waals surface area contributed by atoms with Gasteiger partial charge in [-0.2, -0.15) is 0 Å². The molecule has 2 aromatic carbocycles. The third-order valence-electron chi connectivity index (χ3n) is 3.66. The topological polar surface area (TPSA) is 41.1 Å². The molecular formula is C16H14BrFN2O. The molecule has 0 aliphatic carbocycles. The number of anilines is 1. The SMILES string of the molecule is CNC(c1ccc2c(c1)CC(=O)N2)c1c(F)cccc1Br. The summed E-state index contributed by atoms with van der Waals surface area (Å²) in [6, 6.07) is 10.4. The number of hydrogen-bond acceptors (Lipinski definition) is 2. The van der Waals surface area contributed by atoms with E-state index < -0.39 is 0 Å². The Morgan fingerprint density at radius 2 is 2.14 bits per heavy atom. The van der Waals surface area contributed by atoms with Crippen LogP contribution in [0.1, 0.15) is 22.7 Å². The molecule has 1 amide bonds. The number of rotatable bonds is 3. The smallest absolute Gasteiger partial charge is 0.228 e. The molecule has 5 heteroatoms. The zero-order valence-electron chi connectivity index (χ0n) is 11.4. The van der Waals surface area contributed by atoms with Crippen LogP contribution in [0.2, 0.25) is 0 Å². The van der Waals surface area contributed by atoms with Gasteiger partial charge in [0.2, 0.25) is 5.91 Å². The van der Waals surface area contributed by atoms with Crippen molar-refractivity contribution in [3.05, 3.63) is 63.4 Å². The molecule has 0 saturated heterocycles. The first-order valence-corrected chi connectivity index (χ1v) is 7.43. The van der Waals surface area contributed by atoms with Gasteiger partial charge in [0.1, 0.15) is 5.82 Å². The summed E-state index contributed by atoms with van der Waals surface area (Å²) in [4.78, 5) is 11.4. The fraction of sp³-hybridized carbons (Fsp3) is 0.188. The van der Waals surface area contributed by atoms with Crippen molar-refractivity contribution in [1.82, 2.24) is 5.32 Å². The Morgan fingerprint density at radius 1 is 1.33 bits per heavy atom. The normalized spacial score (nSPS) is 14.7. The van der Waals surface area contributed by atoms with Crippen molar-refractivity contribution in [2.45, 2.75) is 12.5 Å². The molecule has 1 aliphatic rings. The first-order valence-electron chi connectivity index (χ1n) is 6.64. The number of nitrogens with one attached hydrogen (secondary N) is 2. The molecule has 2 aromatic rings. The van der Waals surface area contributed by atoms with E-state index in [2.05, 4.69) is 26.6 Å². The number of amides is 1. The van der Waals surface area contributed by atoms with Gasteiger partial charge in [0.15, 0.2) is 0 Å². The van der Waals surface area contributed by atoms with Crippen molar-refractivity contribution in [1.29, 1.82) is 0 Å². The standard InChI is InChI=1S/C16H14BrFN2O/c1-19-16(15-11(17)3-2-4-12(15)18)9-5-6-13-10(7-9)8-14(21)20-13/h2-7,16,19H,8H2,1H3,(H,20,21). The second-order valence-electron chi connectivity index (χ2n) is 5.00. The van der Waals surface area contributed by atoms with E-state index in [1.54, 1.807) is 13.1 Å². The summed E-state index contributed by atoms with van der Waals surface area (Å²) in [5.41, 5.74) is 3.28. The van der Waals surface area contributed by atoms with Crippen molar-refractivity contribution in [2.24, 2.45) is 0 Å². The molecule has 0 aromatic heterocycles. The average molecular weight is 349 g/mol. The van der Waals surface area contributed by atoms with Gasteiger partial charge >= 0.3 is 0 Å². The molecule has 3 rings (SSSR count). The highest BCUT2D eigenvalue weighted by atomic mass is 79.9. The van der Waals surface area contributed by atoms with Crippen LogP contribution in [0.4, 0.5) is 10.1 Å². The summed E-state index contributed by atoms with van der Waals surface area (Å²) in [6.07, 6.45) is 0.373. The van der Waals surface area contributed by atoms with Crippen LogP contribution in [0.3, 0.4) is 0 Å². The largest absolute Gasteiger partial charge is 0.326 e. The average Bonchev–Trinajstić information content (AvgIpc) is 2.82. The van der Waals surface area contributed by atoms with Crippen LogP contribution in [0.25, 0.3) is 0 Å². The van der Waals surface area contributed by atoms with Crippen LogP contribution in [-0.4, -0.2) is 13.0 Å². The molecule has 1 atom stereocenters. The molecule has 0 radical (unpaired) electrons. The summed E-state index contributed by atoms with van der Waals surface area (Å²) in [6.45, 7) is 0. The van der Waals surface area contributed by atoms with Crippen molar-refractivity contribution >= 4 is 27.5 Å². The van der Waals surface area contributed by atoms with Crippen molar-refractivity contribution in [3.8, 4) is 0 Å². The first kappa shape index (κ1) is 14.2. The highest BCUT2D eigenvalue weighted by Crippen LogP contribution is 2.33. The molecule has 1 heterocycles. The lowest BCUT2D eigenvalue weighted by molar-refractivity contribution is -0.115. The zero-order valence-corrected chi connectivity index (χ0v) is 13.0. The van der Waals surface area contributed by atoms with E-state index in [1.165, 1.54) is 6.07 Å². The lowest BCUT2D eigenvalue weighted by atomic mass is 9.96. The van der Waals surface area contributed by atoms with Gasteiger partial charge in [-0.05, 0) is 36.4 Å². The minimum absolute atomic E-state index is 0.00442. The number of carbonyl (C=O) groups excluding carboxylic acids is 1. The van der Waals surface area contributed by atoms with E-state index in [4.69, 9.17) is 0 Å². The third-order valence-corrected chi connectivity index (χ3v) is 4.36. The van der Waals surface area contributed by atoms with Crippen molar-refractivity contribution < 1.29 is 9.18 Å². The van der Waals surface area contributed by atoms with Gasteiger partial charge < -0.3 is 10.6 Å². The van der Waals surface area contributed by atoms with E-state index >= 15 is 0 Å². The van der Waals surface area contributed by atoms with E-state index in [1.807, 2.05) is 24.3 Å². The Labute approximate surface area is 130 Å². The summed E-state index contributed by atoms with van der Waals surface area (Å²) in [5, 5.41) is 5.94. The second-order valence-corrected chi connectivity index (χ2v) is 5.85. The van der Waals surface area contributed by atoms with E-state index in [0.717, 1.165) is 21.3 Å². The molecule has 21 heavy (non-hydrogen) atoms. The Balaban J connectivity index is 2.05. The molecule has 1 unspecified atom stereocenters. The molecule has 0 bridgehead atoms. The number of carbonyl (C=O) groups is 1. The zero-order chi connectivity index (χ0) is 15.0. The van der Waals surface area contributed by atoms with E-state index in [-0.39, 0.29) is 17.8 Å². The minimum atomic E-state index is -0.276. The highest BCUT2D eigenvalue weighted by molar-refractivity contribution is 9.10. The maximum absolute atomic E-state index is 14.2. The third kappa shape index (κ3) is 2.59. The maximum atomic E-state index is 14.2. The highest BCUT2D eigenvalue weighted by Gasteiger charge is 2.23. The van der Waals surface area contributed by atoms with Crippen LogP contribution in [0.5, 0.6) is 0 Å². The maximum Gasteiger partial charge on any atom is 0.228 e.